The molecule has 1 heterocycles. The predicted molar refractivity (Wildman–Crippen MR) is 89.3 cm³/mol. The van der Waals surface area contributed by atoms with Gasteiger partial charge in [-0.25, -0.2) is 0 Å². The van der Waals surface area contributed by atoms with Gasteiger partial charge in [0.25, 0.3) is 0 Å². The number of methoxy groups -OCH3 is 1. The molecule has 2 aromatic carbocycles. The van der Waals surface area contributed by atoms with E-state index in [1.807, 2.05) is 25.1 Å². The van der Waals surface area contributed by atoms with E-state index >= 15 is 0 Å². The van der Waals surface area contributed by atoms with Crippen LogP contribution in [0, 0.1) is 6.92 Å². The van der Waals surface area contributed by atoms with Gasteiger partial charge in [0, 0.05) is 9.86 Å². The van der Waals surface area contributed by atoms with E-state index < -0.39 is 11.7 Å². The van der Waals surface area contributed by atoms with E-state index in [2.05, 4.69) is 21.0 Å². The van der Waals surface area contributed by atoms with Crippen LogP contribution in [0.1, 0.15) is 16.8 Å². The van der Waals surface area contributed by atoms with Crippen molar-refractivity contribution in [2.24, 2.45) is 0 Å². The highest BCUT2D eigenvalue weighted by molar-refractivity contribution is 9.10. The van der Waals surface area contributed by atoms with E-state index in [1.165, 1.54) is 19.2 Å². The molecule has 1 aromatic heterocycles. The van der Waals surface area contributed by atoms with Gasteiger partial charge in [0.2, 0.25) is 0 Å². The second kappa shape index (κ2) is 6.12. The maximum atomic E-state index is 13.3. The van der Waals surface area contributed by atoms with E-state index in [1.54, 1.807) is 4.68 Å². The molecule has 0 saturated carbocycles. The van der Waals surface area contributed by atoms with Crippen LogP contribution < -0.4 is 4.74 Å². The lowest BCUT2D eigenvalue weighted by Crippen LogP contribution is -2.12. The van der Waals surface area contributed by atoms with Gasteiger partial charge in [0.05, 0.1) is 30.4 Å². The molecule has 0 amide bonds. The van der Waals surface area contributed by atoms with Gasteiger partial charge >= 0.3 is 6.18 Å². The van der Waals surface area contributed by atoms with Gasteiger partial charge < -0.3 is 4.74 Å². The maximum Gasteiger partial charge on any atom is 0.416 e. The van der Waals surface area contributed by atoms with Gasteiger partial charge in [0.1, 0.15) is 5.75 Å². The SMILES string of the molecule is COc1ccc(Cn2nc(C)c3cc(Br)ccc32)c(C(F)(F)F)c1. The number of halogens is 4. The summed E-state index contributed by atoms with van der Waals surface area (Å²) in [5.74, 6) is 0.177. The van der Waals surface area contributed by atoms with Crippen molar-refractivity contribution < 1.29 is 17.9 Å². The molecule has 3 aromatic rings. The molecule has 0 bridgehead atoms. The van der Waals surface area contributed by atoms with Crippen LogP contribution in [0.4, 0.5) is 13.2 Å². The fourth-order valence-electron chi connectivity index (χ4n) is 2.68. The van der Waals surface area contributed by atoms with Crippen molar-refractivity contribution in [3.05, 3.63) is 57.7 Å². The number of rotatable bonds is 3. The Hall–Kier alpha value is -2.02. The van der Waals surface area contributed by atoms with E-state index in [-0.39, 0.29) is 17.9 Å². The zero-order valence-corrected chi connectivity index (χ0v) is 14.6. The topological polar surface area (TPSA) is 27.1 Å². The number of ether oxygens (including phenoxy) is 1. The molecule has 126 valence electrons. The lowest BCUT2D eigenvalue weighted by atomic mass is 10.1. The molecule has 0 radical (unpaired) electrons. The van der Waals surface area contributed by atoms with Crippen molar-refractivity contribution in [1.29, 1.82) is 0 Å². The molecule has 0 fully saturated rings. The molecule has 0 unspecified atom stereocenters. The average Bonchev–Trinajstić information content (AvgIpc) is 2.82. The fourth-order valence-corrected chi connectivity index (χ4v) is 3.04. The molecular formula is C17H14BrF3N2O. The highest BCUT2D eigenvalue weighted by Gasteiger charge is 2.34. The van der Waals surface area contributed by atoms with Crippen molar-refractivity contribution >= 4 is 26.8 Å². The molecule has 0 aliphatic carbocycles. The fraction of sp³-hybridized carbons (Fsp3) is 0.235. The third-order valence-corrected chi connectivity index (χ3v) is 4.33. The summed E-state index contributed by atoms with van der Waals surface area (Å²) in [6.07, 6.45) is -4.45. The number of aromatic nitrogens is 2. The van der Waals surface area contributed by atoms with E-state index in [0.717, 1.165) is 27.1 Å². The molecule has 0 saturated heterocycles. The van der Waals surface area contributed by atoms with E-state index in [4.69, 9.17) is 4.74 Å². The van der Waals surface area contributed by atoms with Gasteiger partial charge in [-0.1, -0.05) is 22.0 Å². The van der Waals surface area contributed by atoms with Crippen LogP contribution in [-0.2, 0) is 12.7 Å². The minimum Gasteiger partial charge on any atom is -0.497 e. The molecule has 24 heavy (non-hydrogen) atoms. The largest absolute Gasteiger partial charge is 0.497 e. The van der Waals surface area contributed by atoms with Gasteiger partial charge in [-0.3, -0.25) is 4.68 Å². The summed E-state index contributed by atoms with van der Waals surface area (Å²) in [6, 6.07) is 9.58. The smallest absolute Gasteiger partial charge is 0.416 e. The molecule has 3 rings (SSSR count). The van der Waals surface area contributed by atoms with Crippen molar-refractivity contribution in [2.45, 2.75) is 19.6 Å². The Labute approximate surface area is 145 Å². The number of fused-ring (bicyclic) bond motifs is 1. The number of aryl methyl sites for hydroxylation is 1. The Morgan fingerprint density at radius 1 is 1.17 bits per heavy atom. The van der Waals surface area contributed by atoms with Crippen molar-refractivity contribution in [3.63, 3.8) is 0 Å². The minimum absolute atomic E-state index is 0.0325. The third-order valence-electron chi connectivity index (χ3n) is 3.84. The highest BCUT2D eigenvalue weighted by Crippen LogP contribution is 2.35. The zero-order valence-electron chi connectivity index (χ0n) is 13.0. The van der Waals surface area contributed by atoms with Crippen molar-refractivity contribution in [1.82, 2.24) is 9.78 Å². The number of benzene rings is 2. The van der Waals surface area contributed by atoms with E-state index in [0.29, 0.717) is 0 Å². The first kappa shape index (κ1) is 16.8. The van der Waals surface area contributed by atoms with Gasteiger partial charge in [0.15, 0.2) is 0 Å². The summed E-state index contributed by atoms with van der Waals surface area (Å²) in [6.45, 7) is 1.87. The summed E-state index contributed by atoms with van der Waals surface area (Å²) < 4.78 is 47.5. The standard InChI is InChI=1S/C17H14BrF3N2O/c1-10-14-7-12(18)4-6-16(14)23(22-10)9-11-3-5-13(24-2)8-15(11)17(19,20)21/h3-8H,9H2,1-2H3. The quantitative estimate of drug-likeness (QED) is 0.607. The Kier molecular flexibility index (Phi) is 4.29. The first-order valence-electron chi connectivity index (χ1n) is 7.16. The van der Waals surface area contributed by atoms with Crippen LogP contribution in [0.3, 0.4) is 0 Å². The second-order valence-electron chi connectivity index (χ2n) is 5.43. The number of hydrogen-bond donors (Lipinski definition) is 0. The summed E-state index contributed by atoms with van der Waals surface area (Å²) in [5, 5.41) is 5.30. The molecule has 0 atom stereocenters. The highest BCUT2D eigenvalue weighted by atomic mass is 79.9. The van der Waals surface area contributed by atoms with Crippen molar-refractivity contribution in [3.8, 4) is 5.75 Å². The molecule has 0 N–H and O–H groups in total. The summed E-state index contributed by atoms with van der Waals surface area (Å²) >= 11 is 3.40. The molecule has 3 nitrogen and oxygen atoms in total. The Morgan fingerprint density at radius 3 is 2.58 bits per heavy atom. The van der Waals surface area contributed by atoms with Crippen LogP contribution in [0.15, 0.2) is 40.9 Å². The number of nitrogens with zero attached hydrogens (tertiary/aromatic N) is 2. The van der Waals surface area contributed by atoms with Gasteiger partial charge in [-0.05, 0) is 42.8 Å². The number of alkyl halides is 3. The van der Waals surface area contributed by atoms with Crippen LogP contribution in [0.25, 0.3) is 10.9 Å². The normalized spacial score (nSPS) is 11.9. The first-order chi connectivity index (χ1) is 11.3. The van der Waals surface area contributed by atoms with Crippen LogP contribution in [-0.4, -0.2) is 16.9 Å². The maximum absolute atomic E-state index is 13.3. The second-order valence-corrected chi connectivity index (χ2v) is 6.34. The molecule has 0 spiro atoms. The van der Waals surface area contributed by atoms with Gasteiger partial charge in [-0.15, -0.1) is 0 Å². The monoisotopic (exact) mass is 398 g/mol. The lowest BCUT2D eigenvalue weighted by Gasteiger charge is -2.14. The molecule has 7 heteroatoms. The first-order valence-corrected chi connectivity index (χ1v) is 7.95. The van der Waals surface area contributed by atoms with Crippen LogP contribution >= 0.6 is 15.9 Å². The summed E-state index contributed by atoms with van der Waals surface area (Å²) in [7, 11) is 1.34. The summed E-state index contributed by atoms with van der Waals surface area (Å²) in [5.41, 5.74) is 1.00. The molecule has 0 aliphatic rings. The Bertz CT molecular complexity index is 903. The lowest BCUT2D eigenvalue weighted by molar-refractivity contribution is -0.138. The van der Waals surface area contributed by atoms with Crippen LogP contribution in [0.5, 0.6) is 5.75 Å². The van der Waals surface area contributed by atoms with Crippen LogP contribution in [0.2, 0.25) is 0 Å². The predicted octanol–water partition coefficient (Wildman–Crippen LogP) is 5.18. The van der Waals surface area contributed by atoms with Gasteiger partial charge in [-0.2, -0.15) is 18.3 Å². The van der Waals surface area contributed by atoms with Crippen molar-refractivity contribution in [2.75, 3.05) is 7.11 Å². The Morgan fingerprint density at radius 2 is 1.92 bits per heavy atom. The summed E-state index contributed by atoms with van der Waals surface area (Å²) in [4.78, 5) is 0. The third kappa shape index (κ3) is 3.13. The number of hydrogen-bond acceptors (Lipinski definition) is 2. The minimum atomic E-state index is -4.45. The zero-order chi connectivity index (χ0) is 17.5. The average molecular weight is 399 g/mol. The van der Waals surface area contributed by atoms with E-state index in [9.17, 15) is 13.2 Å². The Balaban J connectivity index is 2.09. The molecule has 0 aliphatic heterocycles. The molecular weight excluding hydrogens is 385 g/mol.